The second-order valence-electron chi connectivity index (χ2n) is 5.86. The number of nitrogens with one attached hydrogen (secondary N) is 2. The molecule has 0 aromatic heterocycles. The van der Waals surface area contributed by atoms with E-state index in [0.717, 1.165) is 43.3 Å². The van der Waals surface area contributed by atoms with Crippen molar-refractivity contribution in [3.63, 3.8) is 0 Å². The highest BCUT2D eigenvalue weighted by molar-refractivity contribution is 14.0. The van der Waals surface area contributed by atoms with Crippen LogP contribution in [-0.2, 0) is 11.3 Å². The van der Waals surface area contributed by atoms with Crippen LogP contribution in [-0.4, -0.2) is 36.4 Å². The van der Waals surface area contributed by atoms with Crippen molar-refractivity contribution < 1.29 is 4.79 Å². The molecule has 0 bridgehead atoms. The molecule has 0 aliphatic carbocycles. The van der Waals surface area contributed by atoms with Gasteiger partial charge in [0.2, 0.25) is 5.91 Å². The molecule has 134 valence electrons. The zero-order valence-electron chi connectivity index (χ0n) is 14.7. The summed E-state index contributed by atoms with van der Waals surface area (Å²) in [5.41, 5.74) is 1.95. The third kappa shape index (κ3) is 6.67. The van der Waals surface area contributed by atoms with Crippen LogP contribution in [0.25, 0.3) is 0 Å². The smallest absolute Gasteiger partial charge is 0.224 e. The normalized spacial score (nSPS) is 14.2. The first-order chi connectivity index (χ1) is 11.2. The van der Waals surface area contributed by atoms with Gasteiger partial charge in [-0.2, -0.15) is 0 Å². The van der Waals surface area contributed by atoms with Gasteiger partial charge in [0, 0.05) is 31.7 Å². The van der Waals surface area contributed by atoms with Gasteiger partial charge in [0.05, 0.1) is 6.54 Å². The molecule has 1 fully saturated rings. The van der Waals surface area contributed by atoms with E-state index in [4.69, 9.17) is 4.99 Å². The van der Waals surface area contributed by atoms with Crippen molar-refractivity contribution in [2.45, 2.75) is 46.1 Å². The van der Waals surface area contributed by atoms with Crippen molar-refractivity contribution in [3.05, 3.63) is 29.8 Å². The molecule has 5 nitrogen and oxygen atoms in total. The van der Waals surface area contributed by atoms with Crippen LogP contribution >= 0.6 is 24.0 Å². The van der Waals surface area contributed by atoms with E-state index in [0.29, 0.717) is 13.0 Å². The minimum absolute atomic E-state index is 0. The fourth-order valence-corrected chi connectivity index (χ4v) is 2.72. The molecule has 0 unspecified atom stereocenters. The van der Waals surface area contributed by atoms with Crippen LogP contribution < -0.4 is 10.6 Å². The van der Waals surface area contributed by atoms with Crippen molar-refractivity contribution in [2.24, 2.45) is 4.99 Å². The van der Waals surface area contributed by atoms with Crippen LogP contribution in [0.15, 0.2) is 29.3 Å². The minimum Gasteiger partial charge on any atom is -0.357 e. The molecule has 2 N–H and O–H groups in total. The number of nitrogens with zero attached hydrogens (tertiary/aromatic N) is 2. The van der Waals surface area contributed by atoms with Crippen LogP contribution in [0.2, 0.25) is 0 Å². The van der Waals surface area contributed by atoms with Gasteiger partial charge in [0.1, 0.15) is 0 Å². The summed E-state index contributed by atoms with van der Waals surface area (Å²) in [6.45, 7) is 7.76. The molecule has 6 heteroatoms. The second kappa shape index (κ2) is 11.3. The standard InChI is InChI=1S/C18H28N4O.HI/c1-3-8-17(23)21-16-10-7-9-15(13-16)14-20-18(19-4-2)22-11-5-6-12-22;/h7,9-10,13H,3-6,8,11-12,14H2,1-2H3,(H,19,20)(H,21,23);1H. The number of amides is 1. The van der Waals surface area contributed by atoms with Crippen molar-refractivity contribution >= 4 is 41.5 Å². The Bertz CT molecular complexity index is 542. The molecule has 0 atom stereocenters. The summed E-state index contributed by atoms with van der Waals surface area (Å²) >= 11 is 0. The number of benzene rings is 1. The van der Waals surface area contributed by atoms with E-state index in [9.17, 15) is 4.79 Å². The maximum Gasteiger partial charge on any atom is 0.224 e. The zero-order chi connectivity index (χ0) is 16.5. The predicted octanol–water partition coefficient (Wildman–Crippen LogP) is 3.60. The van der Waals surface area contributed by atoms with Gasteiger partial charge in [0.25, 0.3) is 0 Å². The number of guanidine groups is 1. The Morgan fingerprint density at radius 2 is 2.00 bits per heavy atom. The third-order valence-corrected chi connectivity index (χ3v) is 3.84. The summed E-state index contributed by atoms with van der Waals surface area (Å²) < 4.78 is 0. The van der Waals surface area contributed by atoms with Gasteiger partial charge < -0.3 is 15.5 Å². The van der Waals surface area contributed by atoms with E-state index in [-0.39, 0.29) is 29.9 Å². The SMILES string of the molecule is CCCC(=O)Nc1cccc(CN=C(NCC)N2CCCC2)c1.I. The Labute approximate surface area is 162 Å². The Morgan fingerprint density at radius 3 is 2.67 bits per heavy atom. The molecule has 1 amide bonds. The van der Waals surface area contributed by atoms with Gasteiger partial charge in [-0.3, -0.25) is 4.79 Å². The van der Waals surface area contributed by atoms with Gasteiger partial charge in [0.15, 0.2) is 5.96 Å². The molecule has 24 heavy (non-hydrogen) atoms. The molecule has 0 radical (unpaired) electrons. The van der Waals surface area contributed by atoms with Crippen molar-refractivity contribution in [1.29, 1.82) is 0 Å². The number of likely N-dealkylation sites (tertiary alicyclic amines) is 1. The molecule has 1 aromatic carbocycles. The van der Waals surface area contributed by atoms with Crippen LogP contribution in [0.3, 0.4) is 0 Å². The first kappa shape index (κ1) is 20.7. The number of carbonyl (C=O) groups is 1. The Balaban J connectivity index is 0.00000288. The predicted molar refractivity (Wildman–Crippen MR) is 111 cm³/mol. The first-order valence-corrected chi connectivity index (χ1v) is 8.65. The van der Waals surface area contributed by atoms with Crippen molar-refractivity contribution in [2.75, 3.05) is 25.0 Å². The van der Waals surface area contributed by atoms with Gasteiger partial charge in [-0.05, 0) is 43.9 Å². The number of rotatable bonds is 6. The lowest BCUT2D eigenvalue weighted by atomic mass is 10.2. The van der Waals surface area contributed by atoms with Crippen LogP contribution in [0, 0.1) is 0 Å². The Hall–Kier alpha value is -1.31. The van der Waals surface area contributed by atoms with E-state index in [1.165, 1.54) is 12.8 Å². The summed E-state index contributed by atoms with van der Waals surface area (Å²) in [6.07, 6.45) is 3.90. The highest BCUT2D eigenvalue weighted by Crippen LogP contribution is 2.13. The molecule has 1 aromatic rings. The van der Waals surface area contributed by atoms with Crippen LogP contribution in [0.4, 0.5) is 5.69 Å². The Kier molecular flexibility index (Phi) is 9.75. The number of anilines is 1. The average Bonchev–Trinajstić information content (AvgIpc) is 3.06. The van der Waals surface area contributed by atoms with Gasteiger partial charge in [-0.25, -0.2) is 4.99 Å². The topological polar surface area (TPSA) is 56.7 Å². The largest absolute Gasteiger partial charge is 0.357 e. The molecule has 1 aliphatic heterocycles. The molecule has 1 saturated heterocycles. The maximum atomic E-state index is 11.7. The quantitative estimate of drug-likeness (QED) is 0.401. The molecule has 0 spiro atoms. The summed E-state index contributed by atoms with van der Waals surface area (Å²) in [4.78, 5) is 18.8. The fourth-order valence-electron chi connectivity index (χ4n) is 2.72. The fraction of sp³-hybridized carbons (Fsp3) is 0.556. The van der Waals surface area contributed by atoms with Crippen LogP contribution in [0.5, 0.6) is 0 Å². The second-order valence-corrected chi connectivity index (χ2v) is 5.86. The number of carbonyl (C=O) groups excluding carboxylic acids is 1. The molecule has 2 rings (SSSR count). The van der Waals surface area contributed by atoms with Crippen LogP contribution in [0.1, 0.15) is 45.1 Å². The highest BCUT2D eigenvalue weighted by atomic mass is 127. The van der Waals surface area contributed by atoms with Gasteiger partial charge in [-0.1, -0.05) is 19.1 Å². The van der Waals surface area contributed by atoms with E-state index < -0.39 is 0 Å². The molecule has 1 aliphatic rings. The lowest BCUT2D eigenvalue weighted by Gasteiger charge is -2.20. The van der Waals surface area contributed by atoms with E-state index in [2.05, 4.69) is 22.5 Å². The average molecular weight is 444 g/mol. The molecule has 1 heterocycles. The lowest BCUT2D eigenvalue weighted by Crippen LogP contribution is -2.39. The monoisotopic (exact) mass is 444 g/mol. The van der Waals surface area contributed by atoms with E-state index >= 15 is 0 Å². The Morgan fingerprint density at radius 1 is 1.25 bits per heavy atom. The third-order valence-electron chi connectivity index (χ3n) is 3.84. The number of hydrogen-bond acceptors (Lipinski definition) is 2. The van der Waals surface area contributed by atoms with E-state index in [1.54, 1.807) is 0 Å². The van der Waals surface area contributed by atoms with Gasteiger partial charge in [-0.15, -0.1) is 24.0 Å². The molecule has 0 saturated carbocycles. The van der Waals surface area contributed by atoms with E-state index in [1.807, 2.05) is 31.2 Å². The first-order valence-electron chi connectivity index (χ1n) is 8.65. The molecular formula is C18H29IN4O. The van der Waals surface area contributed by atoms with Crippen molar-refractivity contribution in [3.8, 4) is 0 Å². The van der Waals surface area contributed by atoms with Gasteiger partial charge >= 0.3 is 0 Å². The lowest BCUT2D eigenvalue weighted by molar-refractivity contribution is -0.116. The number of hydrogen-bond donors (Lipinski definition) is 2. The highest BCUT2D eigenvalue weighted by Gasteiger charge is 2.15. The molecular weight excluding hydrogens is 415 g/mol. The summed E-state index contributed by atoms with van der Waals surface area (Å²) in [6, 6.07) is 7.94. The maximum absolute atomic E-state index is 11.7. The minimum atomic E-state index is 0. The summed E-state index contributed by atoms with van der Waals surface area (Å²) in [5, 5.41) is 6.30. The number of halogens is 1. The van der Waals surface area contributed by atoms with Crippen molar-refractivity contribution in [1.82, 2.24) is 10.2 Å². The zero-order valence-corrected chi connectivity index (χ0v) is 17.0. The summed E-state index contributed by atoms with van der Waals surface area (Å²) in [7, 11) is 0. The number of aliphatic imine (C=N–C) groups is 1. The summed E-state index contributed by atoms with van der Waals surface area (Å²) in [5.74, 6) is 1.06.